The number of hydrogen-bond acceptors (Lipinski definition) is 3. The molecule has 1 aromatic carbocycles. The van der Waals surface area contributed by atoms with Crippen molar-refractivity contribution in [1.82, 2.24) is 5.32 Å². The maximum absolute atomic E-state index is 5.42. The first-order valence-corrected chi connectivity index (χ1v) is 6.90. The highest BCUT2D eigenvalue weighted by Gasteiger charge is 2.18. The Morgan fingerprint density at radius 3 is 2.39 bits per heavy atom. The summed E-state index contributed by atoms with van der Waals surface area (Å²) in [5.74, 6) is 0.957. The van der Waals surface area contributed by atoms with Crippen molar-refractivity contribution in [2.45, 2.75) is 19.9 Å². The maximum atomic E-state index is 5.42. The van der Waals surface area contributed by atoms with Gasteiger partial charge in [0.1, 0.15) is 5.75 Å². The second kappa shape index (κ2) is 5.55. The third-order valence-corrected chi connectivity index (χ3v) is 3.97. The maximum Gasteiger partial charge on any atom is 0.134 e. The van der Waals surface area contributed by atoms with Crippen molar-refractivity contribution >= 4 is 11.3 Å². The monoisotopic (exact) mass is 261 g/mol. The number of nitrogens with one attached hydrogen (secondary N) is 1. The highest BCUT2D eigenvalue weighted by atomic mass is 32.1. The molecule has 0 amide bonds. The van der Waals surface area contributed by atoms with Crippen LogP contribution in [0.2, 0.25) is 0 Å². The number of ether oxygens (including phenoxy) is 1. The molecule has 1 N–H and O–H groups in total. The van der Waals surface area contributed by atoms with Crippen LogP contribution in [-0.2, 0) is 0 Å². The molecule has 0 radical (unpaired) electrons. The Morgan fingerprint density at radius 1 is 1.17 bits per heavy atom. The number of rotatable bonds is 4. The van der Waals surface area contributed by atoms with Gasteiger partial charge < -0.3 is 10.1 Å². The quantitative estimate of drug-likeness (QED) is 0.906. The molecule has 96 valence electrons. The van der Waals surface area contributed by atoms with Crippen LogP contribution in [0.15, 0.2) is 29.6 Å². The van der Waals surface area contributed by atoms with Crippen molar-refractivity contribution in [2.75, 3.05) is 14.2 Å². The highest BCUT2D eigenvalue weighted by molar-refractivity contribution is 7.10. The van der Waals surface area contributed by atoms with E-state index in [-0.39, 0.29) is 6.04 Å². The van der Waals surface area contributed by atoms with Crippen molar-refractivity contribution in [3.05, 3.63) is 51.2 Å². The van der Waals surface area contributed by atoms with Crippen molar-refractivity contribution in [3.8, 4) is 5.75 Å². The summed E-state index contributed by atoms with van der Waals surface area (Å²) in [6, 6.07) is 8.87. The Labute approximate surface area is 113 Å². The predicted molar refractivity (Wildman–Crippen MR) is 77.7 cm³/mol. The fraction of sp³-hybridized carbons (Fsp3) is 0.333. The van der Waals surface area contributed by atoms with Crippen molar-refractivity contribution in [3.63, 3.8) is 0 Å². The van der Waals surface area contributed by atoms with Crippen LogP contribution in [0.5, 0.6) is 5.75 Å². The summed E-state index contributed by atoms with van der Waals surface area (Å²) in [6.45, 7) is 4.27. The van der Waals surface area contributed by atoms with E-state index < -0.39 is 0 Å². The first kappa shape index (κ1) is 13.1. The molecule has 2 aromatic rings. The summed E-state index contributed by atoms with van der Waals surface area (Å²) in [5, 5.41) is 5.45. The van der Waals surface area contributed by atoms with Crippen LogP contribution in [-0.4, -0.2) is 14.2 Å². The molecule has 0 aliphatic carbocycles. The summed E-state index contributed by atoms with van der Waals surface area (Å²) in [6.07, 6.45) is 0. The van der Waals surface area contributed by atoms with Crippen molar-refractivity contribution in [1.29, 1.82) is 0 Å². The van der Waals surface area contributed by atoms with Gasteiger partial charge in [-0.15, -0.1) is 11.3 Å². The Kier molecular flexibility index (Phi) is 4.04. The fourth-order valence-corrected chi connectivity index (χ4v) is 3.31. The third kappa shape index (κ3) is 2.57. The second-order valence-corrected chi connectivity index (χ2v) is 5.44. The number of methoxy groups -OCH3 is 1. The highest BCUT2D eigenvalue weighted by Crippen LogP contribution is 2.35. The molecule has 1 heterocycles. The molecule has 0 bridgehead atoms. The topological polar surface area (TPSA) is 21.3 Å². The van der Waals surface area contributed by atoms with Gasteiger partial charge in [0.15, 0.2) is 0 Å². The number of benzene rings is 1. The number of hydrogen-bond donors (Lipinski definition) is 1. The van der Waals surface area contributed by atoms with E-state index in [2.05, 4.69) is 42.7 Å². The van der Waals surface area contributed by atoms with Gasteiger partial charge in [0.2, 0.25) is 0 Å². The van der Waals surface area contributed by atoms with Crippen LogP contribution in [0.4, 0.5) is 0 Å². The SMILES string of the molecule is CNC(c1cc(C)cc(C)c1)c1sccc1OC. The molecular weight excluding hydrogens is 242 g/mol. The van der Waals surface area contributed by atoms with E-state index in [9.17, 15) is 0 Å². The van der Waals surface area contributed by atoms with E-state index in [0.29, 0.717) is 0 Å². The van der Waals surface area contributed by atoms with Gasteiger partial charge in [-0.05, 0) is 37.9 Å². The van der Waals surface area contributed by atoms with Crippen LogP contribution in [0.25, 0.3) is 0 Å². The lowest BCUT2D eigenvalue weighted by Gasteiger charge is -2.18. The van der Waals surface area contributed by atoms with Crippen LogP contribution < -0.4 is 10.1 Å². The molecule has 3 heteroatoms. The summed E-state index contributed by atoms with van der Waals surface area (Å²) in [7, 11) is 3.71. The first-order chi connectivity index (χ1) is 8.65. The van der Waals surface area contributed by atoms with Gasteiger partial charge in [-0.25, -0.2) is 0 Å². The van der Waals surface area contributed by atoms with Gasteiger partial charge in [-0.3, -0.25) is 0 Å². The Morgan fingerprint density at radius 2 is 1.83 bits per heavy atom. The van der Waals surface area contributed by atoms with Gasteiger partial charge in [0, 0.05) is 0 Å². The molecule has 1 atom stereocenters. The molecule has 0 spiro atoms. The zero-order valence-corrected chi connectivity index (χ0v) is 12.1. The third-order valence-electron chi connectivity index (χ3n) is 3.01. The van der Waals surface area contributed by atoms with E-state index >= 15 is 0 Å². The molecule has 2 rings (SSSR count). The first-order valence-electron chi connectivity index (χ1n) is 6.02. The van der Waals surface area contributed by atoms with Crippen LogP contribution in [0, 0.1) is 13.8 Å². The van der Waals surface area contributed by atoms with E-state index in [1.807, 2.05) is 13.1 Å². The number of thiophene rings is 1. The normalized spacial score (nSPS) is 12.4. The molecule has 0 saturated carbocycles. The zero-order valence-electron chi connectivity index (χ0n) is 11.3. The van der Waals surface area contributed by atoms with E-state index in [1.54, 1.807) is 18.4 Å². The Balaban J connectivity index is 2.45. The summed E-state index contributed by atoms with van der Waals surface area (Å²) < 4.78 is 5.42. The Bertz CT molecular complexity index is 513. The average molecular weight is 261 g/mol. The minimum absolute atomic E-state index is 0.193. The van der Waals surface area contributed by atoms with E-state index in [4.69, 9.17) is 4.74 Å². The fourth-order valence-electron chi connectivity index (χ4n) is 2.31. The summed E-state index contributed by atoms with van der Waals surface area (Å²) >= 11 is 1.73. The minimum atomic E-state index is 0.193. The lowest BCUT2D eigenvalue weighted by Crippen LogP contribution is -2.17. The van der Waals surface area contributed by atoms with Gasteiger partial charge in [-0.2, -0.15) is 0 Å². The zero-order chi connectivity index (χ0) is 13.1. The van der Waals surface area contributed by atoms with Crippen molar-refractivity contribution in [2.24, 2.45) is 0 Å². The standard InChI is InChI=1S/C15H19NOS/c1-10-7-11(2)9-12(8-10)14(16-3)15-13(17-4)5-6-18-15/h5-9,14,16H,1-4H3. The Hall–Kier alpha value is -1.32. The molecule has 1 aromatic heterocycles. The van der Waals surface area contributed by atoms with Gasteiger partial charge in [0.25, 0.3) is 0 Å². The predicted octanol–water partition coefficient (Wildman–Crippen LogP) is 3.68. The van der Waals surface area contributed by atoms with Gasteiger partial charge in [-0.1, -0.05) is 29.3 Å². The molecule has 2 nitrogen and oxygen atoms in total. The average Bonchev–Trinajstić information content (AvgIpc) is 2.77. The molecule has 18 heavy (non-hydrogen) atoms. The molecule has 0 aliphatic rings. The van der Waals surface area contributed by atoms with Crippen LogP contribution in [0.3, 0.4) is 0 Å². The van der Waals surface area contributed by atoms with E-state index in [0.717, 1.165) is 5.75 Å². The smallest absolute Gasteiger partial charge is 0.134 e. The summed E-state index contributed by atoms with van der Waals surface area (Å²) in [5.41, 5.74) is 3.87. The van der Waals surface area contributed by atoms with Crippen LogP contribution in [0.1, 0.15) is 27.6 Å². The lowest BCUT2D eigenvalue weighted by atomic mass is 10.00. The second-order valence-electron chi connectivity index (χ2n) is 4.50. The lowest BCUT2D eigenvalue weighted by molar-refractivity contribution is 0.408. The van der Waals surface area contributed by atoms with Crippen LogP contribution >= 0.6 is 11.3 Å². The summed E-state index contributed by atoms with van der Waals surface area (Å²) in [4.78, 5) is 1.23. The minimum Gasteiger partial charge on any atom is -0.496 e. The van der Waals surface area contributed by atoms with E-state index in [1.165, 1.54) is 21.6 Å². The molecule has 0 aliphatic heterocycles. The molecule has 0 fully saturated rings. The molecule has 0 saturated heterocycles. The van der Waals surface area contributed by atoms with Gasteiger partial charge in [0.05, 0.1) is 18.0 Å². The number of aryl methyl sites for hydroxylation is 2. The molecule has 1 unspecified atom stereocenters. The largest absolute Gasteiger partial charge is 0.496 e. The van der Waals surface area contributed by atoms with Crippen molar-refractivity contribution < 1.29 is 4.74 Å². The van der Waals surface area contributed by atoms with Gasteiger partial charge >= 0.3 is 0 Å². The molecular formula is C15H19NOS.